The van der Waals surface area contributed by atoms with Gasteiger partial charge in [-0.2, -0.15) is 5.10 Å². The lowest BCUT2D eigenvalue weighted by Gasteiger charge is -2.08. The Hall–Kier alpha value is -2.21. The lowest BCUT2D eigenvalue weighted by molar-refractivity contribution is 0.0689. The average molecular weight is 262 g/mol. The van der Waals surface area contributed by atoms with Crippen LogP contribution in [0.15, 0.2) is 29.1 Å². The molecule has 0 amide bonds. The van der Waals surface area contributed by atoms with E-state index in [2.05, 4.69) is 5.10 Å². The molecule has 0 aliphatic heterocycles. The second-order valence-electron chi connectivity index (χ2n) is 4.07. The molecule has 1 aromatic carbocycles. The zero-order valence-electron chi connectivity index (χ0n) is 10.5. The van der Waals surface area contributed by atoms with Gasteiger partial charge in [0, 0.05) is 25.6 Å². The normalized spacial score (nSPS) is 10.8. The molecule has 0 saturated carbocycles. The van der Waals surface area contributed by atoms with Crippen LogP contribution in [0.4, 0.5) is 0 Å². The number of carbonyl (C=O) groups is 1. The molecule has 1 aromatic heterocycles. The third-order valence-corrected chi connectivity index (χ3v) is 2.79. The average Bonchev–Trinajstić information content (AvgIpc) is 2.41. The Kier molecular flexibility index (Phi) is 3.91. The van der Waals surface area contributed by atoms with Gasteiger partial charge in [0.1, 0.15) is 0 Å². The number of aryl methyl sites for hydroxylation is 1. The fourth-order valence-corrected chi connectivity index (χ4v) is 1.90. The second kappa shape index (κ2) is 5.62. The minimum Gasteiger partial charge on any atom is -0.476 e. The van der Waals surface area contributed by atoms with Gasteiger partial charge in [-0.05, 0) is 12.5 Å². The number of aromatic nitrogens is 2. The van der Waals surface area contributed by atoms with Gasteiger partial charge in [-0.25, -0.2) is 9.48 Å². The number of aromatic carboxylic acids is 1. The quantitative estimate of drug-likeness (QED) is 0.817. The lowest BCUT2D eigenvalue weighted by atomic mass is 10.1. The molecule has 2 rings (SSSR count). The number of nitrogens with zero attached hydrogens (tertiary/aromatic N) is 2. The first kappa shape index (κ1) is 13.2. The van der Waals surface area contributed by atoms with Crippen molar-refractivity contribution >= 4 is 16.7 Å². The molecule has 2 aromatic rings. The summed E-state index contributed by atoms with van der Waals surface area (Å²) in [6.45, 7) is 0.821. The molecule has 0 atom stereocenters. The predicted octanol–water partition coefficient (Wildman–Crippen LogP) is 1.13. The van der Waals surface area contributed by atoms with Gasteiger partial charge >= 0.3 is 5.97 Å². The van der Waals surface area contributed by atoms with Crippen LogP contribution in [0.3, 0.4) is 0 Å². The van der Waals surface area contributed by atoms with Crippen molar-refractivity contribution in [1.82, 2.24) is 9.78 Å². The van der Waals surface area contributed by atoms with Gasteiger partial charge in [-0.15, -0.1) is 0 Å². The van der Waals surface area contributed by atoms with E-state index in [1.165, 1.54) is 4.68 Å². The van der Waals surface area contributed by atoms with Gasteiger partial charge in [-0.3, -0.25) is 4.79 Å². The highest BCUT2D eigenvalue weighted by Gasteiger charge is 2.15. The summed E-state index contributed by atoms with van der Waals surface area (Å²) in [5.41, 5.74) is -0.385. The van der Waals surface area contributed by atoms with Crippen molar-refractivity contribution in [1.29, 1.82) is 0 Å². The van der Waals surface area contributed by atoms with E-state index in [4.69, 9.17) is 9.84 Å². The van der Waals surface area contributed by atoms with E-state index in [-0.39, 0.29) is 11.3 Å². The number of hydrogen-bond acceptors (Lipinski definition) is 4. The van der Waals surface area contributed by atoms with E-state index >= 15 is 0 Å². The maximum absolute atomic E-state index is 12.2. The molecule has 6 nitrogen and oxygen atoms in total. The molecule has 1 N–H and O–H groups in total. The number of hydrogen-bond donors (Lipinski definition) is 1. The smallest absolute Gasteiger partial charge is 0.357 e. The van der Waals surface area contributed by atoms with Crippen LogP contribution in [0, 0.1) is 0 Å². The Morgan fingerprint density at radius 1 is 1.37 bits per heavy atom. The molecule has 6 heteroatoms. The van der Waals surface area contributed by atoms with Crippen LogP contribution < -0.4 is 5.56 Å². The van der Waals surface area contributed by atoms with Gasteiger partial charge in [0.2, 0.25) is 0 Å². The first-order chi connectivity index (χ1) is 9.15. The number of benzene rings is 1. The third kappa shape index (κ3) is 2.63. The summed E-state index contributed by atoms with van der Waals surface area (Å²) in [5.74, 6) is -1.14. The fraction of sp³-hybridized carbons (Fsp3) is 0.308. The van der Waals surface area contributed by atoms with Crippen LogP contribution in [-0.4, -0.2) is 34.6 Å². The van der Waals surface area contributed by atoms with Gasteiger partial charge < -0.3 is 9.84 Å². The first-order valence-electron chi connectivity index (χ1n) is 5.87. The minimum atomic E-state index is -1.14. The first-order valence-corrected chi connectivity index (χ1v) is 5.87. The Morgan fingerprint density at radius 2 is 2.05 bits per heavy atom. The van der Waals surface area contributed by atoms with Crippen molar-refractivity contribution < 1.29 is 14.6 Å². The Morgan fingerprint density at radius 3 is 2.68 bits per heavy atom. The van der Waals surface area contributed by atoms with Crippen LogP contribution >= 0.6 is 0 Å². The van der Waals surface area contributed by atoms with Crippen molar-refractivity contribution in [3.8, 4) is 0 Å². The summed E-state index contributed by atoms with van der Waals surface area (Å²) in [6.07, 6.45) is 0.598. The number of carboxylic acids is 1. The van der Waals surface area contributed by atoms with Crippen molar-refractivity contribution in [3.05, 3.63) is 40.3 Å². The number of fused-ring (bicyclic) bond motifs is 1. The van der Waals surface area contributed by atoms with Crippen LogP contribution in [0.5, 0.6) is 0 Å². The van der Waals surface area contributed by atoms with Crippen molar-refractivity contribution in [3.63, 3.8) is 0 Å². The standard InChI is InChI=1S/C13H14N2O4/c1-19-8-4-7-15-12(16)10-6-3-2-5-9(10)11(14-15)13(17)18/h2-3,5-6H,4,7-8H2,1H3,(H,17,18). The molecule has 0 bridgehead atoms. The van der Waals surface area contributed by atoms with Crippen molar-refractivity contribution in [2.75, 3.05) is 13.7 Å². The predicted molar refractivity (Wildman–Crippen MR) is 69.5 cm³/mol. The molecule has 0 aliphatic rings. The number of rotatable bonds is 5. The third-order valence-electron chi connectivity index (χ3n) is 2.79. The molecule has 19 heavy (non-hydrogen) atoms. The summed E-state index contributed by atoms with van der Waals surface area (Å²) in [6, 6.07) is 6.59. The summed E-state index contributed by atoms with van der Waals surface area (Å²) in [4.78, 5) is 23.4. The maximum Gasteiger partial charge on any atom is 0.357 e. The summed E-state index contributed by atoms with van der Waals surface area (Å²) >= 11 is 0. The molecule has 0 aliphatic carbocycles. The second-order valence-corrected chi connectivity index (χ2v) is 4.07. The topological polar surface area (TPSA) is 81.4 Å². The summed E-state index contributed by atoms with van der Waals surface area (Å²) in [7, 11) is 1.57. The molecule has 0 unspecified atom stereocenters. The molecule has 100 valence electrons. The molecule has 1 heterocycles. The van der Waals surface area contributed by atoms with Crippen LogP contribution in [0.2, 0.25) is 0 Å². The SMILES string of the molecule is COCCCn1nc(C(=O)O)c2ccccc2c1=O. The van der Waals surface area contributed by atoms with E-state index in [1.807, 2.05) is 0 Å². The molecular formula is C13H14N2O4. The Balaban J connectivity index is 2.56. The van der Waals surface area contributed by atoms with E-state index < -0.39 is 5.97 Å². The van der Waals surface area contributed by atoms with Crippen LogP contribution in [0.1, 0.15) is 16.9 Å². The van der Waals surface area contributed by atoms with Gasteiger partial charge in [0.15, 0.2) is 5.69 Å². The highest BCUT2D eigenvalue weighted by Crippen LogP contribution is 2.13. The van der Waals surface area contributed by atoms with Crippen molar-refractivity contribution in [2.24, 2.45) is 0 Å². The Labute approximate surface area is 109 Å². The zero-order chi connectivity index (χ0) is 13.8. The van der Waals surface area contributed by atoms with E-state index in [0.29, 0.717) is 30.3 Å². The number of ether oxygens (including phenoxy) is 1. The van der Waals surface area contributed by atoms with E-state index in [9.17, 15) is 9.59 Å². The fourth-order valence-electron chi connectivity index (χ4n) is 1.90. The highest BCUT2D eigenvalue weighted by atomic mass is 16.5. The lowest BCUT2D eigenvalue weighted by Crippen LogP contribution is -2.26. The monoisotopic (exact) mass is 262 g/mol. The summed E-state index contributed by atoms with van der Waals surface area (Å²) < 4.78 is 6.09. The van der Waals surface area contributed by atoms with Crippen LogP contribution in [0.25, 0.3) is 10.8 Å². The van der Waals surface area contributed by atoms with Crippen molar-refractivity contribution in [2.45, 2.75) is 13.0 Å². The largest absolute Gasteiger partial charge is 0.476 e. The Bertz CT molecular complexity index is 663. The van der Waals surface area contributed by atoms with Gasteiger partial charge in [-0.1, -0.05) is 18.2 Å². The molecule has 0 radical (unpaired) electrons. The highest BCUT2D eigenvalue weighted by molar-refractivity contribution is 6.01. The number of carboxylic acid groups (broad SMARTS) is 1. The number of methoxy groups -OCH3 is 1. The molecule has 0 spiro atoms. The molecule has 0 saturated heterocycles. The van der Waals surface area contributed by atoms with E-state index in [0.717, 1.165) is 0 Å². The van der Waals surface area contributed by atoms with E-state index in [1.54, 1.807) is 31.4 Å². The summed E-state index contributed by atoms with van der Waals surface area (Å²) in [5, 5.41) is 13.8. The van der Waals surface area contributed by atoms with Gasteiger partial charge in [0.05, 0.1) is 5.39 Å². The molecular weight excluding hydrogens is 248 g/mol. The van der Waals surface area contributed by atoms with Crippen LogP contribution in [-0.2, 0) is 11.3 Å². The maximum atomic E-state index is 12.2. The molecule has 0 fully saturated rings. The minimum absolute atomic E-state index is 0.104. The zero-order valence-corrected chi connectivity index (χ0v) is 10.5. The van der Waals surface area contributed by atoms with Gasteiger partial charge in [0.25, 0.3) is 5.56 Å².